The monoisotopic (exact) mass is 319 g/mol. The number of rotatable bonds is 2. The largest absolute Gasteiger partial charge is 0.409 e. The predicted molar refractivity (Wildman–Crippen MR) is 76.9 cm³/mol. The molecule has 7 heteroatoms. The number of carbonyl (C=O) groups excluding carboxylic acids is 1. The molecule has 0 aliphatic carbocycles. The fourth-order valence-corrected chi connectivity index (χ4v) is 2.79. The molecule has 1 aliphatic rings. The number of amides is 1. The van der Waals surface area contributed by atoms with Crippen LogP contribution >= 0.6 is 0 Å². The second-order valence-electron chi connectivity index (χ2n) is 5.32. The molecule has 1 fully saturated rings. The number of benzene rings is 2. The van der Waals surface area contributed by atoms with Gasteiger partial charge in [-0.2, -0.15) is 18.4 Å². The van der Waals surface area contributed by atoms with E-state index in [4.69, 9.17) is 0 Å². The Morgan fingerprint density at radius 1 is 1.22 bits per heavy atom. The van der Waals surface area contributed by atoms with Gasteiger partial charge in [-0.05, 0) is 28.5 Å². The lowest BCUT2D eigenvalue weighted by atomic mass is 9.95. The average molecular weight is 319 g/mol. The van der Waals surface area contributed by atoms with Crippen molar-refractivity contribution >= 4 is 16.7 Å². The number of nitrogens with one attached hydrogen (secondary N) is 1. The maximum Gasteiger partial charge on any atom is 0.409 e. The molecule has 1 atom stereocenters. The highest BCUT2D eigenvalue weighted by Crippen LogP contribution is 2.40. The van der Waals surface area contributed by atoms with E-state index >= 15 is 0 Å². The zero-order valence-corrected chi connectivity index (χ0v) is 11.9. The number of hydrazine groups is 1. The minimum absolute atomic E-state index is 0.00203. The number of nitriles is 1. The van der Waals surface area contributed by atoms with Crippen LogP contribution in [-0.4, -0.2) is 23.6 Å². The van der Waals surface area contributed by atoms with Crippen molar-refractivity contribution in [3.05, 3.63) is 47.5 Å². The number of hydrogen-bond acceptors (Lipinski definition) is 3. The molecule has 1 heterocycles. The molecule has 0 spiro atoms. The summed E-state index contributed by atoms with van der Waals surface area (Å²) >= 11 is 0. The van der Waals surface area contributed by atoms with Gasteiger partial charge in [0.25, 0.3) is 0 Å². The molecule has 1 unspecified atom stereocenters. The molecule has 23 heavy (non-hydrogen) atoms. The van der Waals surface area contributed by atoms with E-state index in [0.29, 0.717) is 10.8 Å². The second-order valence-corrected chi connectivity index (χ2v) is 5.32. The molecule has 2 aromatic carbocycles. The van der Waals surface area contributed by atoms with Crippen molar-refractivity contribution in [2.24, 2.45) is 0 Å². The quantitative estimate of drug-likeness (QED) is 0.925. The SMILES string of the molecule is N#Cc1cc2ccccc2cc1C(N1CCC(=O)N1)C(F)(F)F. The fraction of sp³-hybridized carbons (Fsp3) is 0.250. The van der Waals surface area contributed by atoms with E-state index in [1.807, 2.05) is 6.07 Å². The molecule has 2 aromatic rings. The van der Waals surface area contributed by atoms with E-state index in [-0.39, 0.29) is 24.1 Å². The molecular weight excluding hydrogens is 307 g/mol. The van der Waals surface area contributed by atoms with Gasteiger partial charge in [-0.15, -0.1) is 0 Å². The Hall–Kier alpha value is -2.59. The van der Waals surface area contributed by atoms with Crippen LogP contribution in [0, 0.1) is 11.3 Å². The summed E-state index contributed by atoms with van der Waals surface area (Å²) in [5, 5.41) is 11.4. The van der Waals surface area contributed by atoms with Gasteiger partial charge in [-0.3, -0.25) is 10.2 Å². The summed E-state index contributed by atoms with van der Waals surface area (Å²) in [5.74, 6) is -0.460. The van der Waals surface area contributed by atoms with Gasteiger partial charge < -0.3 is 0 Å². The molecule has 0 radical (unpaired) electrons. The summed E-state index contributed by atoms with van der Waals surface area (Å²) in [5.41, 5.74) is 2.02. The first-order valence-electron chi connectivity index (χ1n) is 6.96. The highest BCUT2D eigenvalue weighted by atomic mass is 19.4. The van der Waals surface area contributed by atoms with Crippen LogP contribution in [-0.2, 0) is 4.79 Å². The van der Waals surface area contributed by atoms with Crippen LogP contribution < -0.4 is 5.43 Å². The van der Waals surface area contributed by atoms with E-state index in [1.54, 1.807) is 24.3 Å². The van der Waals surface area contributed by atoms with Gasteiger partial charge in [0.1, 0.15) is 0 Å². The summed E-state index contributed by atoms with van der Waals surface area (Å²) in [6.45, 7) is -0.0549. The van der Waals surface area contributed by atoms with Crippen molar-refractivity contribution in [3.63, 3.8) is 0 Å². The lowest BCUT2D eigenvalue weighted by molar-refractivity contribution is -0.191. The maximum atomic E-state index is 13.6. The third kappa shape index (κ3) is 2.85. The Labute approximate surface area is 130 Å². The van der Waals surface area contributed by atoms with Crippen LogP contribution in [0.25, 0.3) is 10.8 Å². The topological polar surface area (TPSA) is 56.1 Å². The van der Waals surface area contributed by atoms with Gasteiger partial charge >= 0.3 is 6.18 Å². The summed E-state index contributed by atoms with van der Waals surface area (Å²) in [6, 6.07) is 9.51. The third-order valence-corrected chi connectivity index (χ3v) is 3.80. The Morgan fingerprint density at radius 3 is 2.39 bits per heavy atom. The molecule has 1 saturated heterocycles. The van der Waals surface area contributed by atoms with E-state index in [9.17, 15) is 23.2 Å². The first-order chi connectivity index (χ1) is 10.9. The first-order valence-corrected chi connectivity index (χ1v) is 6.96. The fourth-order valence-electron chi connectivity index (χ4n) is 2.79. The number of hydrogen-bond donors (Lipinski definition) is 1. The van der Waals surface area contributed by atoms with E-state index < -0.39 is 18.1 Å². The molecule has 0 saturated carbocycles. The van der Waals surface area contributed by atoms with Crippen LogP contribution in [0.15, 0.2) is 36.4 Å². The van der Waals surface area contributed by atoms with Crippen LogP contribution in [0.5, 0.6) is 0 Å². The van der Waals surface area contributed by atoms with Gasteiger partial charge in [0.2, 0.25) is 5.91 Å². The molecule has 1 amide bonds. The van der Waals surface area contributed by atoms with Gasteiger partial charge in [0.05, 0.1) is 11.6 Å². The molecule has 4 nitrogen and oxygen atoms in total. The first kappa shape index (κ1) is 15.3. The summed E-state index contributed by atoms with van der Waals surface area (Å²) in [6.07, 6.45) is -4.62. The Morgan fingerprint density at radius 2 is 1.87 bits per heavy atom. The molecule has 0 aromatic heterocycles. The van der Waals surface area contributed by atoms with Crippen LogP contribution in [0.4, 0.5) is 13.2 Å². The Kier molecular flexibility index (Phi) is 3.70. The lowest BCUT2D eigenvalue weighted by Gasteiger charge is -2.30. The number of halogens is 3. The number of alkyl halides is 3. The maximum absolute atomic E-state index is 13.6. The zero-order valence-electron chi connectivity index (χ0n) is 11.9. The predicted octanol–water partition coefficient (Wildman–Crippen LogP) is 3.05. The summed E-state index contributed by atoms with van der Waals surface area (Å²) < 4.78 is 40.8. The molecule has 3 rings (SSSR count). The number of carbonyl (C=O) groups is 1. The van der Waals surface area contributed by atoms with Crippen molar-refractivity contribution in [1.29, 1.82) is 5.26 Å². The van der Waals surface area contributed by atoms with Crippen molar-refractivity contribution in [1.82, 2.24) is 10.4 Å². The van der Waals surface area contributed by atoms with Gasteiger partial charge in [0, 0.05) is 13.0 Å². The smallest absolute Gasteiger partial charge is 0.288 e. The Bertz CT molecular complexity index is 810. The Balaban J connectivity index is 2.17. The van der Waals surface area contributed by atoms with E-state index in [2.05, 4.69) is 5.43 Å². The lowest BCUT2D eigenvalue weighted by Crippen LogP contribution is -2.44. The summed E-state index contributed by atoms with van der Waals surface area (Å²) in [4.78, 5) is 11.3. The van der Waals surface area contributed by atoms with Crippen LogP contribution in [0.3, 0.4) is 0 Å². The van der Waals surface area contributed by atoms with Crippen molar-refractivity contribution < 1.29 is 18.0 Å². The van der Waals surface area contributed by atoms with Gasteiger partial charge in [-0.25, -0.2) is 5.01 Å². The normalized spacial score (nSPS) is 17.0. The highest BCUT2D eigenvalue weighted by Gasteiger charge is 2.47. The molecule has 0 bridgehead atoms. The molecule has 118 valence electrons. The van der Waals surface area contributed by atoms with Crippen molar-refractivity contribution in [2.75, 3.05) is 6.54 Å². The van der Waals surface area contributed by atoms with Gasteiger partial charge in [0.15, 0.2) is 6.04 Å². The minimum atomic E-state index is -4.62. The second kappa shape index (κ2) is 5.56. The molecule has 1 N–H and O–H groups in total. The van der Waals surface area contributed by atoms with Crippen molar-refractivity contribution in [2.45, 2.75) is 18.6 Å². The average Bonchev–Trinajstić information content (AvgIpc) is 2.91. The van der Waals surface area contributed by atoms with E-state index in [0.717, 1.165) is 5.01 Å². The van der Waals surface area contributed by atoms with E-state index in [1.165, 1.54) is 12.1 Å². The minimum Gasteiger partial charge on any atom is -0.288 e. The number of fused-ring (bicyclic) bond motifs is 1. The number of nitrogens with zero attached hydrogens (tertiary/aromatic N) is 2. The van der Waals surface area contributed by atoms with Crippen molar-refractivity contribution in [3.8, 4) is 6.07 Å². The van der Waals surface area contributed by atoms with Crippen LogP contribution in [0.2, 0.25) is 0 Å². The molecular formula is C16H12F3N3O. The molecule has 1 aliphatic heterocycles. The van der Waals surface area contributed by atoms with Gasteiger partial charge in [-0.1, -0.05) is 24.3 Å². The standard InChI is InChI=1S/C16H12F3N3O/c17-16(18,19)15(22-6-5-14(23)21-22)13-8-11-4-2-1-3-10(11)7-12(13)9-20/h1-4,7-8,15H,5-6H2,(H,21,23). The van der Waals surface area contributed by atoms with Crippen LogP contribution in [0.1, 0.15) is 23.6 Å². The summed E-state index contributed by atoms with van der Waals surface area (Å²) in [7, 11) is 0. The third-order valence-electron chi connectivity index (χ3n) is 3.80. The zero-order chi connectivity index (χ0) is 16.6. The highest BCUT2D eigenvalue weighted by molar-refractivity contribution is 5.85.